The molecule has 11 heteroatoms. The molecule has 0 spiro atoms. The Labute approximate surface area is 202 Å². The first-order valence-electron chi connectivity index (χ1n) is 10.9. The molecule has 0 aromatic heterocycles. The van der Waals surface area contributed by atoms with Crippen molar-refractivity contribution in [2.45, 2.75) is 25.6 Å². The SMILES string of the molecule is CCOC(Cc1ccc(C(=N)N)cc1OCC(=O)NC)(C(N)=O)N1Cc2cc(OC)ccc2C1=O. The first kappa shape index (κ1) is 25.5. The zero-order chi connectivity index (χ0) is 25.8. The number of rotatable bonds is 11. The van der Waals surface area contributed by atoms with Crippen molar-refractivity contribution in [1.82, 2.24) is 10.2 Å². The lowest BCUT2D eigenvalue weighted by atomic mass is 9.97. The number of ether oxygens (including phenoxy) is 3. The third kappa shape index (κ3) is 5.04. The lowest BCUT2D eigenvalue weighted by Gasteiger charge is -2.39. The van der Waals surface area contributed by atoms with Crippen molar-refractivity contribution in [2.24, 2.45) is 11.5 Å². The first-order chi connectivity index (χ1) is 16.7. The number of carbonyl (C=O) groups excluding carboxylic acids is 3. The van der Waals surface area contributed by atoms with E-state index < -0.39 is 17.5 Å². The molecule has 0 bridgehead atoms. The summed E-state index contributed by atoms with van der Waals surface area (Å²) in [6.45, 7) is 1.55. The van der Waals surface area contributed by atoms with Gasteiger partial charge in [0.1, 0.15) is 17.3 Å². The van der Waals surface area contributed by atoms with E-state index in [1.807, 2.05) is 0 Å². The van der Waals surface area contributed by atoms with Crippen LogP contribution in [-0.4, -0.2) is 61.6 Å². The van der Waals surface area contributed by atoms with Gasteiger partial charge in [0, 0.05) is 31.2 Å². The van der Waals surface area contributed by atoms with Crippen molar-refractivity contribution in [1.29, 1.82) is 5.41 Å². The number of nitrogens with two attached hydrogens (primary N) is 2. The normalized spacial score (nSPS) is 14.1. The maximum absolute atomic E-state index is 13.4. The fourth-order valence-corrected chi connectivity index (χ4v) is 3.95. The van der Waals surface area contributed by atoms with Crippen molar-refractivity contribution in [3.8, 4) is 11.5 Å². The van der Waals surface area contributed by atoms with E-state index in [1.54, 1.807) is 37.3 Å². The molecule has 0 aliphatic carbocycles. The van der Waals surface area contributed by atoms with E-state index in [2.05, 4.69) is 5.32 Å². The van der Waals surface area contributed by atoms with Crippen LogP contribution in [0.5, 0.6) is 11.5 Å². The van der Waals surface area contributed by atoms with Crippen LogP contribution in [0.25, 0.3) is 0 Å². The maximum atomic E-state index is 13.4. The Morgan fingerprint density at radius 2 is 1.94 bits per heavy atom. The third-order valence-electron chi connectivity index (χ3n) is 5.77. The quantitative estimate of drug-likeness (QED) is 0.267. The predicted molar refractivity (Wildman–Crippen MR) is 127 cm³/mol. The minimum Gasteiger partial charge on any atom is -0.497 e. The summed E-state index contributed by atoms with van der Waals surface area (Å²) in [5, 5.41) is 10.2. The number of primary amides is 1. The Morgan fingerprint density at radius 1 is 1.20 bits per heavy atom. The topological polar surface area (TPSA) is 170 Å². The highest BCUT2D eigenvalue weighted by molar-refractivity contribution is 6.02. The minimum absolute atomic E-state index is 0.0776. The van der Waals surface area contributed by atoms with Gasteiger partial charge in [0.25, 0.3) is 17.7 Å². The van der Waals surface area contributed by atoms with Crippen LogP contribution in [0.3, 0.4) is 0 Å². The second kappa shape index (κ2) is 10.4. The largest absolute Gasteiger partial charge is 0.497 e. The average Bonchev–Trinajstić information content (AvgIpc) is 3.18. The van der Waals surface area contributed by atoms with Crippen molar-refractivity contribution < 1.29 is 28.6 Å². The van der Waals surface area contributed by atoms with Crippen molar-refractivity contribution >= 4 is 23.6 Å². The van der Waals surface area contributed by atoms with Gasteiger partial charge in [-0.15, -0.1) is 0 Å². The fraction of sp³-hybridized carbons (Fsp3) is 0.333. The predicted octanol–water partition coefficient (Wildman–Crippen LogP) is 0.521. The molecule has 1 heterocycles. The van der Waals surface area contributed by atoms with Gasteiger partial charge < -0.3 is 31.0 Å². The van der Waals surface area contributed by atoms with Gasteiger partial charge >= 0.3 is 0 Å². The van der Waals surface area contributed by atoms with Gasteiger partial charge in [-0.25, -0.2) is 0 Å². The molecule has 3 rings (SSSR count). The maximum Gasteiger partial charge on any atom is 0.271 e. The number of amides is 3. The molecule has 186 valence electrons. The molecule has 3 amide bonds. The Bertz CT molecular complexity index is 1170. The number of hydrogen-bond acceptors (Lipinski definition) is 7. The summed E-state index contributed by atoms with van der Waals surface area (Å²) < 4.78 is 16.8. The number of hydrogen-bond donors (Lipinski definition) is 4. The molecule has 11 nitrogen and oxygen atoms in total. The molecule has 35 heavy (non-hydrogen) atoms. The number of amidine groups is 1. The lowest BCUT2D eigenvalue weighted by Crippen LogP contribution is -2.61. The van der Waals surface area contributed by atoms with E-state index in [9.17, 15) is 14.4 Å². The van der Waals surface area contributed by atoms with Gasteiger partial charge in [-0.05, 0) is 42.3 Å². The average molecular weight is 484 g/mol. The second-order valence-corrected chi connectivity index (χ2v) is 7.87. The Balaban J connectivity index is 2.06. The zero-order valence-corrected chi connectivity index (χ0v) is 19.8. The highest BCUT2D eigenvalue weighted by Gasteiger charge is 2.50. The molecule has 6 N–H and O–H groups in total. The summed E-state index contributed by atoms with van der Waals surface area (Å²) >= 11 is 0. The zero-order valence-electron chi connectivity index (χ0n) is 19.8. The molecule has 2 aromatic carbocycles. The number of carbonyl (C=O) groups is 3. The van der Waals surface area contributed by atoms with E-state index in [1.165, 1.54) is 25.1 Å². The molecule has 0 radical (unpaired) electrons. The second-order valence-electron chi connectivity index (χ2n) is 7.87. The van der Waals surface area contributed by atoms with Gasteiger partial charge in [-0.1, -0.05) is 12.1 Å². The van der Waals surface area contributed by atoms with Gasteiger partial charge in [0.2, 0.25) is 5.72 Å². The molecule has 1 aliphatic heterocycles. The Morgan fingerprint density at radius 3 is 2.54 bits per heavy atom. The van der Waals surface area contributed by atoms with Crippen LogP contribution < -0.4 is 26.3 Å². The van der Waals surface area contributed by atoms with E-state index in [0.29, 0.717) is 28.0 Å². The molecule has 0 saturated carbocycles. The van der Waals surface area contributed by atoms with Crippen molar-refractivity contribution in [3.63, 3.8) is 0 Å². The summed E-state index contributed by atoms with van der Waals surface area (Å²) in [6.07, 6.45) is -0.158. The van der Waals surface area contributed by atoms with Crippen LogP contribution in [0.4, 0.5) is 0 Å². The van der Waals surface area contributed by atoms with Gasteiger partial charge in [-0.2, -0.15) is 0 Å². The van der Waals surface area contributed by atoms with Crippen LogP contribution in [-0.2, 0) is 27.3 Å². The van der Waals surface area contributed by atoms with Crippen LogP contribution in [0.1, 0.15) is 34.0 Å². The molecular weight excluding hydrogens is 454 g/mol. The smallest absolute Gasteiger partial charge is 0.271 e. The summed E-state index contributed by atoms with van der Waals surface area (Å²) in [6, 6.07) is 9.69. The van der Waals surface area contributed by atoms with E-state index in [0.717, 1.165) is 0 Å². The fourth-order valence-electron chi connectivity index (χ4n) is 3.95. The standard InChI is InChI=1S/C24H29N5O6/c1-4-35-24(23(27)32,29-12-16-9-17(33-3)7-8-18(16)22(29)31)11-15-6-5-14(21(25)26)10-19(15)34-13-20(30)28-2/h5-10H,4,11-13H2,1-3H3,(H3,25,26)(H2,27,32)(H,28,30). The van der Waals surface area contributed by atoms with Crippen LogP contribution >= 0.6 is 0 Å². The number of nitrogens with one attached hydrogen (secondary N) is 2. The Hall–Kier alpha value is -4.12. The molecule has 0 saturated heterocycles. The Kier molecular flexibility index (Phi) is 7.60. The van der Waals surface area contributed by atoms with Crippen LogP contribution in [0.15, 0.2) is 36.4 Å². The van der Waals surface area contributed by atoms with Crippen LogP contribution in [0, 0.1) is 5.41 Å². The molecule has 1 atom stereocenters. The van der Waals surface area contributed by atoms with Crippen molar-refractivity contribution in [3.05, 3.63) is 58.7 Å². The highest BCUT2D eigenvalue weighted by atomic mass is 16.5. The highest BCUT2D eigenvalue weighted by Crippen LogP contribution is 2.36. The van der Waals surface area contributed by atoms with Gasteiger partial charge in [-0.3, -0.25) is 24.7 Å². The summed E-state index contributed by atoms with van der Waals surface area (Å²) in [5.74, 6) is -1.08. The molecule has 1 unspecified atom stereocenters. The van der Waals surface area contributed by atoms with E-state index in [-0.39, 0.29) is 43.7 Å². The summed E-state index contributed by atoms with van der Waals surface area (Å²) in [7, 11) is 2.99. The number of nitrogen functional groups attached to an aromatic ring is 1. The number of likely N-dealkylation sites (N-methyl/N-ethyl adjacent to an activating group) is 1. The number of nitrogens with zero attached hydrogens (tertiary/aromatic N) is 1. The summed E-state index contributed by atoms with van der Waals surface area (Å²) in [5.41, 5.74) is 11.5. The molecule has 0 fully saturated rings. The number of methoxy groups -OCH3 is 1. The third-order valence-corrected chi connectivity index (χ3v) is 5.77. The monoisotopic (exact) mass is 483 g/mol. The van der Waals surface area contributed by atoms with E-state index in [4.69, 9.17) is 31.1 Å². The molecule has 1 aliphatic rings. The molecule has 2 aromatic rings. The number of fused-ring (bicyclic) bond motifs is 1. The van der Waals surface area contributed by atoms with E-state index >= 15 is 0 Å². The first-order valence-corrected chi connectivity index (χ1v) is 10.9. The van der Waals surface area contributed by atoms with Crippen molar-refractivity contribution in [2.75, 3.05) is 27.4 Å². The van der Waals surface area contributed by atoms with Gasteiger partial charge in [0.15, 0.2) is 6.61 Å². The lowest BCUT2D eigenvalue weighted by molar-refractivity contribution is -0.168. The van der Waals surface area contributed by atoms with Gasteiger partial charge in [0.05, 0.1) is 13.7 Å². The summed E-state index contributed by atoms with van der Waals surface area (Å²) in [4.78, 5) is 39.4. The molecular formula is C24H29N5O6. The number of benzene rings is 2. The van der Waals surface area contributed by atoms with Crippen LogP contribution in [0.2, 0.25) is 0 Å². The minimum atomic E-state index is -1.85.